The van der Waals surface area contributed by atoms with Gasteiger partial charge in [-0.2, -0.15) is 0 Å². The summed E-state index contributed by atoms with van der Waals surface area (Å²) < 4.78 is 5.29. The summed E-state index contributed by atoms with van der Waals surface area (Å²) in [6, 6.07) is 9.54. The molecule has 7 heteroatoms. The Labute approximate surface area is 169 Å². The highest BCUT2D eigenvalue weighted by atomic mass is 16.5. The molecule has 0 atom stereocenters. The molecular weight excluding hydrogens is 368 g/mol. The van der Waals surface area contributed by atoms with Crippen molar-refractivity contribution < 1.29 is 14.1 Å². The predicted octanol–water partition coefficient (Wildman–Crippen LogP) is 3.71. The third-order valence-electron chi connectivity index (χ3n) is 5.25. The minimum absolute atomic E-state index is 0.164. The van der Waals surface area contributed by atoms with Gasteiger partial charge in [0.05, 0.1) is 16.6 Å². The van der Waals surface area contributed by atoms with E-state index in [0.717, 1.165) is 29.9 Å². The van der Waals surface area contributed by atoms with Gasteiger partial charge in [0, 0.05) is 30.9 Å². The first-order chi connectivity index (χ1) is 13.9. The molecule has 7 nitrogen and oxygen atoms in total. The van der Waals surface area contributed by atoms with Crippen LogP contribution in [0, 0.1) is 6.92 Å². The summed E-state index contributed by atoms with van der Waals surface area (Å²) >= 11 is 0. The molecule has 1 saturated heterocycles. The SMILES string of the molecule is Cc1noc2nc(C(C)C)cc(C(=O)NCc3ccc(N4CCCC4=O)cc3)c12. The molecule has 29 heavy (non-hydrogen) atoms. The minimum atomic E-state index is -0.190. The minimum Gasteiger partial charge on any atom is -0.348 e. The van der Waals surface area contributed by atoms with Crippen LogP contribution in [0.5, 0.6) is 0 Å². The molecule has 0 unspecified atom stereocenters. The van der Waals surface area contributed by atoms with E-state index < -0.39 is 0 Å². The van der Waals surface area contributed by atoms with Gasteiger partial charge in [-0.15, -0.1) is 0 Å². The quantitative estimate of drug-likeness (QED) is 0.715. The summed E-state index contributed by atoms with van der Waals surface area (Å²) in [5, 5.41) is 7.58. The Kier molecular flexibility index (Phi) is 5.05. The van der Waals surface area contributed by atoms with E-state index >= 15 is 0 Å². The highest BCUT2D eigenvalue weighted by Gasteiger charge is 2.22. The fraction of sp³-hybridized carbons (Fsp3) is 0.364. The lowest BCUT2D eigenvalue weighted by atomic mass is 10.0. The van der Waals surface area contributed by atoms with Crippen LogP contribution >= 0.6 is 0 Å². The number of carbonyl (C=O) groups excluding carboxylic acids is 2. The normalized spacial score (nSPS) is 14.2. The van der Waals surface area contributed by atoms with Crippen LogP contribution in [0.1, 0.15) is 59.9 Å². The highest BCUT2D eigenvalue weighted by molar-refractivity contribution is 6.06. The standard InChI is InChI=1S/C22H24N4O3/c1-13(2)18-11-17(20-14(3)25-29-22(20)24-18)21(28)23-12-15-6-8-16(9-7-15)26-10-4-5-19(26)27/h6-9,11,13H,4-5,10,12H2,1-3H3,(H,23,28). The second-order valence-electron chi connectivity index (χ2n) is 7.70. The molecule has 3 aromatic rings. The number of aryl methyl sites for hydroxylation is 1. The number of hydrogen-bond donors (Lipinski definition) is 1. The van der Waals surface area contributed by atoms with Crippen molar-refractivity contribution >= 4 is 28.6 Å². The molecule has 150 valence electrons. The average Bonchev–Trinajstić information content (AvgIpc) is 3.31. The lowest BCUT2D eigenvalue weighted by Crippen LogP contribution is -2.24. The van der Waals surface area contributed by atoms with Crippen LogP contribution in [0.2, 0.25) is 0 Å². The number of amides is 2. The Morgan fingerprint density at radius 1 is 1.28 bits per heavy atom. The van der Waals surface area contributed by atoms with Crippen molar-refractivity contribution in [1.29, 1.82) is 0 Å². The van der Waals surface area contributed by atoms with Crippen LogP contribution in [0.3, 0.4) is 0 Å². The first kappa shape index (κ1) is 19.1. The van der Waals surface area contributed by atoms with Crippen LogP contribution in [0.15, 0.2) is 34.9 Å². The largest absolute Gasteiger partial charge is 0.348 e. The van der Waals surface area contributed by atoms with E-state index in [1.165, 1.54) is 0 Å². The average molecular weight is 392 g/mol. The maximum Gasteiger partial charge on any atom is 0.259 e. The van der Waals surface area contributed by atoms with Gasteiger partial charge in [-0.1, -0.05) is 31.1 Å². The van der Waals surface area contributed by atoms with Crippen LogP contribution in [0.4, 0.5) is 5.69 Å². The zero-order valence-electron chi connectivity index (χ0n) is 16.9. The van der Waals surface area contributed by atoms with Gasteiger partial charge in [0.1, 0.15) is 0 Å². The van der Waals surface area contributed by atoms with E-state index in [1.54, 1.807) is 11.8 Å². The van der Waals surface area contributed by atoms with Gasteiger partial charge in [-0.3, -0.25) is 9.59 Å². The number of pyridine rings is 1. The summed E-state index contributed by atoms with van der Waals surface area (Å²) in [6.45, 7) is 7.00. The van der Waals surface area contributed by atoms with E-state index in [2.05, 4.69) is 15.5 Å². The van der Waals surface area contributed by atoms with Crippen molar-refractivity contribution in [2.24, 2.45) is 0 Å². The van der Waals surface area contributed by atoms with E-state index in [0.29, 0.717) is 35.3 Å². The summed E-state index contributed by atoms with van der Waals surface area (Å²) in [5.74, 6) is 0.138. The Bertz CT molecular complexity index is 1070. The van der Waals surface area contributed by atoms with Gasteiger partial charge < -0.3 is 14.7 Å². The fourth-order valence-corrected chi connectivity index (χ4v) is 3.58. The molecule has 0 bridgehead atoms. The van der Waals surface area contributed by atoms with Gasteiger partial charge >= 0.3 is 0 Å². The molecule has 1 aliphatic rings. The van der Waals surface area contributed by atoms with Crippen LogP contribution in [-0.4, -0.2) is 28.5 Å². The van der Waals surface area contributed by atoms with Crippen molar-refractivity contribution in [1.82, 2.24) is 15.5 Å². The predicted molar refractivity (Wildman–Crippen MR) is 110 cm³/mol. The van der Waals surface area contributed by atoms with Gasteiger partial charge in [-0.05, 0) is 43.0 Å². The van der Waals surface area contributed by atoms with Crippen molar-refractivity contribution in [3.05, 3.63) is 52.8 Å². The molecule has 2 aromatic heterocycles. The molecule has 0 spiro atoms. The number of anilines is 1. The third kappa shape index (κ3) is 3.72. The van der Waals surface area contributed by atoms with Crippen molar-refractivity contribution in [2.45, 2.75) is 46.1 Å². The number of fused-ring (bicyclic) bond motifs is 1. The van der Waals surface area contributed by atoms with Gasteiger partial charge in [-0.25, -0.2) is 4.98 Å². The second-order valence-corrected chi connectivity index (χ2v) is 7.70. The Hall–Kier alpha value is -3.22. The third-order valence-corrected chi connectivity index (χ3v) is 5.25. The molecule has 2 amide bonds. The summed E-state index contributed by atoms with van der Waals surface area (Å²) in [6.07, 6.45) is 1.51. The van der Waals surface area contributed by atoms with Crippen molar-refractivity contribution in [3.8, 4) is 0 Å². The second kappa shape index (κ2) is 7.66. The van der Waals surface area contributed by atoms with E-state index in [1.807, 2.05) is 44.2 Å². The van der Waals surface area contributed by atoms with Crippen LogP contribution < -0.4 is 10.2 Å². The van der Waals surface area contributed by atoms with Crippen LogP contribution in [-0.2, 0) is 11.3 Å². The highest BCUT2D eigenvalue weighted by Crippen LogP contribution is 2.25. The van der Waals surface area contributed by atoms with Crippen LogP contribution in [0.25, 0.3) is 11.1 Å². The maximum absolute atomic E-state index is 12.9. The Morgan fingerprint density at radius 2 is 2.03 bits per heavy atom. The molecule has 1 aromatic carbocycles. The summed E-state index contributed by atoms with van der Waals surface area (Å²) in [4.78, 5) is 31.1. The first-order valence-corrected chi connectivity index (χ1v) is 9.88. The van der Waals surface area contributed by atoms with Gasteiger partial charge in [0.15, 0.2) is 0 Å². The Balaban J connectivity index is 1.51. The zero-order chi connectivity index (χ0) is 20.5. The Morgan fingerprint density at radius 3 is 2.69 bits per heavy atom. The molecule has 0 saturated carbocycles. The molecule has 1 fully saturated rings. The smallest absolute Gasteiger partial charge is 0.259 e. The molecule has 1 N–H and O–H groups in total. The molecule has 4 rings (SSSR count). The molecule has 0 radical (unpaired) electrons. The van der Waals surface area contributed by atoms with E-state index in [-0.39, 0.29) is 17.7 Å². The summed E-state index contributed by atoms with van der Waals surface area (Å²) in [7, 11) is 0. The molecule has 3 heterocycles. The van der Waals surface area contributed by atoms with Crippen molar-refractivity contribution in [2.75, 3.05) is 11.4 Å². The lowest BCUT2D eigenvalue weighted by Gasteiger charge is -2.16. The number of rotatable bonds is 5. The van der Waals surface area contributed by atoms with Gasteiger partial charge in [0.25, 0.3) is 11.6 Å². The lowest BCUT2D eigenvalue weighted by molar-refractivity contribution is -0.117. The molecule has 1 aliphatic heterocycles. The maximum atomic E-state index is 12.9. The number of nitrogens with zero attached hydrogens (tertiary/aromatic N) is 3. The zero-order valence-corrected chi connectivity index (χ0v) is 16.9. The van der Waals surface area contributed by atoms with Gasteiger partial charge in [0.2, 0.25) is 5.91 Å². The molecule has 0 aliphatic carbocycles. The topological polar surface area (TPSA) is 88.3 Å². The van der Waals surface area contributed by atoms with Crippen molar-refractivity contribution in [3.63, 3.8) is 0 Å². The fourth-order valence-electron chi connectivity index (χ4n) is 3.58. The van der Waals surface area contributed by atoms with E-state index in [4.69, 9.17) is 4.52 Å². The summed E-state index contributed by atoms with van der Waals surface area (Å²) in [5.41, 5.74) is 4.21. The first-order valence-electron chi connectivity index (χ1n) is 9.88. The molecular formula is C22H24N4O3. The number of carbonyl (C=O) groups is 2. The number of hydrogen-bond acceptors (Lipinski definition) is 5. The number of aromatic nitrogens is 2. The number of nitrogens with one attached hydrogen (secondary N) is 1. The van der Waals surface area contributed by atoms with E-state index in [9.17, 15) is 9.59 Å². The monoisotopic (exact) mass is 392 g/mol. The number of benzene rings is 1.